The number of rotatable bonds is 6. The Kier molecular flexibility index (Phi) is 4.00. The van der Waals surface area contributed by atoms with Gasteiger partial charge in [0.25, 0.3) is 0 Å². The highest BCUT2D eigenvalue weighted by molar-refractivity contribution is 5.78. The monoisotopic (exact) mass is 270 g/mol. The van der Waals surface area contributed by atoms with Gasteiger partial charge in [-0.25, -0.2) is 0 Å². The molecule has 0 unspecified atom stereocenters. The van der Waals surface area contributed by atoms with Crippen LogP contribution in [0.25, 0.3) is 11.1 Å². The molecule has 3 nitrogen and oxygen atoms in total. The Labute approximate surface area is 118 Å². The lowest BCUT2D eigenvalue weighted by atomic mass is 10.1. The maximum atomic E-state index is 8.64. The lowest BCUT2D eigenvalue weighted by Gasteiger charge is -2.11. The molecule has 0 saturated heterocycles. The molecule has 0 aliphatic heterocycles. The third kappa shape index (κ3) is 2.55. The zero-order valence-corrected chi connectivity index (χ0v) is 11.3. The van der Waals surface area contributed by atoms with Gasteiger partial charge in [-0.2, -0.15) is 0 Å². The van der Waals surface area contributed by atoms with E-state index in [1.165, 1.54) is 22.3 Å². The Morgan fingerprint density at radius 3 is 2.65 bits per heavy atom. The van der Waals surface area contributed by atoms with Gasteiger partial charge in [-0.1, -0.05) is 36.4 Å². The number of hydrogen-bond donors (Lipinski definition) is 1. The molecule has 2 aromatic rings. The van der Waals surface area contributed by atoms with Crippen LogP contribution in [0.1, 0.15) is 11.1 Å². The second kappa shape index (κ2) is 6.07. The van der Waals surface area contributed by atoms with Crippen LogP contribution in [-0.2, 0) is 11.2 Å². The zero-order chi connectivity index (χ0) is 13.8. The Balaban J connectivity index is 1.73. The first-order valence-corrected chi connectivity index (χ1v) is 6.91. The SMILES string of the molecule is OCCOCCOc1cccc2c1Cc1ccccc1-2. The van der Waals surface area contributed by atoms with E-state index in [9.17, 15) is 0 Å². The van der Waals surface area contributed by atoms with Crippen LogP contribution in [0.4, 0.5) is 0 Å². The summed E-state index contributed by atoms with van der Waals surface area (Å²) in [4.78, 5) is 0. The summed E-state index contributed by atoms with van der Waals surface area (Å²) >= 11 is 0. The molecular formula is C17H18O3. The van der Waals surface area contributed by atoms with Gasteiger partial charge in [-0.15, -0.1) is 0 Å². The summed E-state index contributed by atoms with van der Waals surface area (Å²) < 4.78 is 11.0. The number of benzene rings is 2. The molecule has 1 N–H and O–H groups in total. The van der Waals surface area contributed by atoms with E-state index in [-0.39, 0.29) is 6.61 Å². The van der Waals surface area contributed by atoms with Crippen molar-refractivity contribution in [3.8, 4) is 16.9 Å². The molecule has 2 aromatic carbocycles. The smallest absolute Gasteiger partial charge is 0.123 e. The minimum Gasteiger partial charge on any atom is -0.491 e. The van der Waals surface area contributed by atoms with Gasteiger partial charge in [-0.05, 0) is 22.8 Å². The van der Waals surface area contributed by atoms with Gasteiger partial charge >= 0.3 is 0 Å². The first-order chi connectivity index (χ1) is 9.90. The number of aliphatic hydroxyl groups excluding tert-OH is 1. The van der Waals surface area contributed by atoms with Crippen LogP contribution in [0.15, 0.2) is 42.5 Å². The van der Waals surface area contributed by atoms with E-state index in [2.05, 4.69) is 30.3 Å². The quantitative estimate of drug-likeness (QED) is 0.700. The molecule has 104 valence electrons. The van der Waals surface area contributed by atoms with Gasteiger partial charge in [0.15, 0.2) is 0 Å². The predicted molar refractivity (Wildman–Crippen MR) is 78.1 cm³/mol. The number of aliphatic hydroxyl groups is 1. The normalized spacial score (nSPS) is 12.1. The minimum atomic E-state index is 0.0516. The second-order valence-corrected chi connectivity index (χ2v) is 4.80. The third-order valence-electron chi connectivity index (χ3n) is 3.53. The van der Waals surface area contributed by atoms with Crippen LogP contribution in [0, 0.1) is 0 Å². The number of hydrogen-bond acceptors (Lipinski definition) is 3. The first kappa shape index (κ1) is 13.2. The van der Waals surface area contributed by atoms with Crippen LogP contribution in [0.3, 0.4) is 0 Å². The predicted octanol–water partition coefficient (Wildman–Crippen LogP) is 2.65. The maximum absolute atomic E-state index is 8.64. The summed E-state index contributed by atoms with van der Waals surface area (Å²) in [6.45, 7) is 1.42. The van der Waals surface area contributed by atoms with E-state index in [4.69, 9.17) is 14.6 Å². The lowest BCUT2D eigenvalue weighted by molar-refractivity contribution is 0.0703. The molecule has 1 aliphatic carbocycles. The van der Waals surface area contributed by atoms with Crippen molar-refractivity contribution in [2.45, 2.75) is 6.42 Å². The standard InChI is InChI=1S/C17H18O3/c18-8-9-19-10-11-20-17-7-3-6-15-14-5-2-1-4-13(14)12-16(15)17/h1-7,18H,8-12H2. The highest BCUT2D eigenvalue weighted by atomic mass is 16.5. The maximum Gasteiger partial charge on any atom is 0.123 e. The van der Waals surface area contributed by atoms with Gasteiger partial charge in [0.2, 0.25) is 0 Å². The molecule has 0 bridgehead atoms. The van der Waals surface area contributed by atoms with Crippen molar-refractivity contribution in [2.75, 3.05) is 26.4 Å². The second-order valence-electron chi connectivity index (χ2n) is 4.80. The van der Waals surface area contributed by atoms with E-state index in [0.29, 0.717) is 19.8 Å². The summed E-state index contributed by atoms with van der Waals surface area (Å²) in [5.74, 6) is 0.936. The molecule has 0 aromatic heterocycles. The molecule has 3 heteroatoms. The van der Waals surface area contributed by atoms with Crippen LogP contribution in [0.2, 0.25) is 0 Å². The van der Waals surface area contributed by atoms with Crippen LogP contribution >= 0.6 is 0 Å². The molecule has 3 rings (SSSR count). The first-order valence-electron chi connectivity index (χ1n) is 6.91. The fourth-order valence-corrected chi connectivity index (χ4v) is 2.64. The van der Waals surface area contributed by atoms with Crippen molar-refractivity contribution in [3.05, 3.63) is 53.6 Å². The largest absolute Gasteiger partial charge is 0.491 e. The summed E-state index contributed by atoms with van der Waals surface area (Å²) in [7, 11) is 0. The van der Waals surface area contributed by atoms with Crippen molar-refractivity contribution in [3.63, 3.8) is 0 Å². The van der Waals surface area contributed by atoms with Crippen LogP contribution in [-0.4, -0.2) is 31.5 Å². The summed E-state index contributed by atoms with van der Waals surface area (Å²) in [6.07, 6.45) is 0.930. The van der Waals surface area contributed by atoms with E-state index < -0.39 is 0 Å². The molecule has 0 amide bonds. The van der Waals surface area contributed by atoms with Gasteiger partial charge in [-0.3, -0.25) is 0 Å². The van der Waals surface area contributed by atoms with Crippen molar-refractivity contribution in [1.82, 2.24) is 0 Å². The van der Waals surface area contributed by atoms with Crippen molar-refractivity contribution >= 4 is 0 Å². The van der Waals surface area contributed by atoms with Crippen molar-refractivity contribution < 1.29 is 14.6 Å². The molecule has 0 atom stereocenters. The Morgan fingerprint density at radius 1 is 0.900 bits per heavy atom. The fourth-order valence-electron chi connectivity index (χ4n) is 2.64. The molecule has 20 heavy (non-hydrogen) atoms. The Morgan fingerprint density at radius 2 is 1.75 bits per heavy atom. The van der Waals surface area contributed by atoms with Gasteiger partial charge in [0.05, 0.1) is 19.8 Å². The van der Waals surface area contributed by atoms with Crippen LogP contribution < -0.4 is 4.74 Å². The van der Waals surface area contributed by atoms with Gasteiger partial charge in [0, 0.05) is 12.0 Å². The molecule has 0 heterocycles. The molecule has 0 radical (unpaired) electrons. The summed E-state index contributed by atoms with van der Waals surface area (Å²) in [6, 6.07) is 14.7. The van der Waals surface area contributed by atoms with E-state index in [0.717, 1.165) is 12.2 Å². The minimum absolute atomic E-state index is 0.0516. The molecule has 1 aliphatic rings. The van der Waals surface area contributed by atoms with Gasteiger partial charge in [0.1, 0.15) is 12.4 Å². The molecule has 0 saturated carbocycles. The average Bonchev–Trinajstić information content (AvgIpc) is 2.87. The molecule has 0 spiro atoms. The Hall–Kier alpha value is -1.84. The lowest BCUT2D eigenvalue weighted by Crippen LogP contribution is -2.09. The number of fused-ring (bicyclic) bond motifs is 3. The Bertz CT molecular complexity index is 593. The average molecular weight is 270 g/mol. The molecule has 0 fully saturated rings. The highest BCUT2D eigenvalue weighted by Crippen LogP contribution is 2.40. The van der Waals surface area contributed by atoms with E-state index in [1.807, 2.05) is 12.1 Å². The zero-order valence-electron chi connectivity index (χ0n) is 11.3. The number of ether oxygens (including phenoxy) is 2. The summed E-state index contributed by atoms with van der Waals surface area (Å²) in [5, 5.41) is 8.64. The highest BCUT2D eigenvalue weighted by Gasteiger charge is 2.20. The van der Waals surface area contributed by atoms with Crippen LogP contribution in [0.5, 0.6) is 5.75 Å². The van der Waals surface area contributed by atoms with Crippen molar-refractivity contribution in [2.24, 2.45) is 0 Å². The topological polar surface area (TPSA) is 38.7 Å². The summed E-state index contributed by atoms with van der Waals surface area (Å²) in [5.41, 5.74) is 5.20. The van der Waals surface area contributed by atoms with Crippen molar-refractivity contribution in [1.29, 1.82) is 0 Å². The molecular weight excluding hydrogens is 252 g/mol. The third-order valence-corrected chi connectivity index (χ3v) is 3.53. The van der Waals surface area contributed by atoms with E-state index in [1.54, 1.807) is 0 Å². The van der Waals surface area contributed by atoms with E-state index >= 15 is 0 Å². The van der Waals surface area contributed by atoms with Gasteiger partial charge < -0.3 is 14.6 Å². The fraction of sp³-hybridized carbons (Fsp3) is 0.294.